The van der Waals surface area contributed by atoms with Gasteiger partial charge in [0.1, 0.15) is 16.2 Å². The molecule has 4 rings (SSSR count). The van der Waals surface area contributed by atoms with Gasteiger partial charge in [0.25, 0.3) is 5.91 Å². The lowest BCUT2D eigenvalue weighted by Gasteiger charge is -2.14. The molecule has 0 bridgehead atoms. The summed E-state index contributed by atoms with van der Waals surface area (Å²) in [4.78, 5) is 26.1. The average Bonchev–Trinajstić information content (AvgIpc) is 3.29. The number of hydrogen-bond donors (Lipinski definition) is 1. The van der Waals surface area contributed by atoms with E-state index in [-0.39, 0.29) is 17.6 Å². The molecule has 0 radical (unpaired) electrons. The van der Waals surface area contributed by atoms with Crippen LogP contribution in [0.2, 0.25) is 0 Å². The number of hydrogen-bond acceptors (Lipinski definition) is 5. The average molecular weight is 424 g/mol. The molecule has 2 heterocycles. The Morgan fingerprint density at radius 1 is 1.24 bits per heavy atom. The monoisotopic (exact) mass is 423 g/mol. The Kier molecular flexibility index (Phi) is 5.51. The van der Waals surface area contributed by atoms with Gasteiger partial charge in [-0.1, -0.05) is 66.4 Å². The molecule has 1 N–H and O–H groups in total. The van der Waals surface area contributed by atoms with E-state index >= 15 is 0 Å². The van der Waals surface area contributed by atoms with E-state index in [9.17, 15) is 9.59 Å². The molecule has 1 amide bonds. The van der Waals surface area contributed by atoms with E-state index in [4.69, 9.17) is 22.1 Å². The molecular weight excluding hydrogens is 406 g/mol. The highest BCUT2D eigenvalue weighted by Crippen LogP contribution is 2.35. The fraction of sp³-hybridized carbons (Fsp3) is 0.136. The van der Waals surface area contributed by atoms with Gasteiger partial charge in [-0.3, -0.25) is 9.69 Å². The summed E-state index contributed by atoms with van der Waals surface area (Å²) in [6.07, 6.45) is 4.03. The molecule has 1 unspecified atom stereocenters. The highest BCUT2D eigenvalue weighted by molar-refractivity contribution is 8.26. The van der Waals surface area contributed by atoms with E-state index in [0.717, 1.165) is 5.56 Å². The lowest BCUT2D eigenvalue weighted by atomic mass is 10.1. The summed E-state index contributed by atoms with van der Waals surface area (Å²) in [6, 6.07) is 16.3. The molecule has 2 aliphatic rings. The number of carbonyl (C=O) groups is 2. The number of rotatable bonds is 5. The van der Waals surface area contributed by atoms with Crippen molar-refractivity contribution >= 4 is 45.9 Å². The zero-order valence-electron chi connectivity index (χ0n) is 15.3. The topological polar surface area (TPSA) is 66.8 Å². The molecule has 1 atom stereocenters. The molecule has 0 aliphatic carbocycles. The molecule has 1 saturated heterocycles. The minimum atomic E-state index is -0.982. The Hall–Kier alpha value is -2.90. The van der Waals surface area contributed by atoms with E-state index in [1.165, 1.54) is 17.8 Å². The first-order chi connectivity index (χ1) is 14.0. The number of thioether (sulfide) groups is 1. The molecule has 2 aliphatic heterocycles. The number of benzene rings is 2. The maximum Gasteiger partial charge on any atom is 0.335 e. The summed E-state index contributed by atoms with van der Waals surface area (Å²) in [5, 5.41) is 9.15. The van der Waals surface area contributed by atoms with E-state index < -0.39 is 5.97 Å². The highest BCUT2D eigenvalue weighted by atomic mass is 32.2. The maximum absolute atomic E-state index is 12.8. The number of carbonyl (C=O) groups excluding carboxylic acids is 1. The summed E-state index contributed by atoms with van der Waals surface area (Å²) in [5.41, 5.74) is 1.93. The van der Waals surface area contributed by atoms with Crippen molar-refractivity contribution in [1.82, 2.24) is 4.90 Å². The normalized spacial score (nSPS) is 20.1. The predicted molar refractivity (Wildman–Crippen MR) is 116 cm³/mol. The van der Waals surface area contributed by atoms with Gasteiger partial charge < -0.3 is 9.84 Å². The Morgan fingerprint density at radius 2 is 2.03 bits per heavy atom. The summed E-state index contributed by atoms with van der Waals surface area (Å²) in [6.45, 7) is 0.444. The molecule has 146 valence electrons. The van der Waals surface area contributed by atoms with Gasteiger partial charge in [0.05, 0.1) is 17.0 Å². The second kappa shape index (κ2) is 8.23. The molecule has 0 spiro atoms. The molecule has 5 nitrogen and oxygen atoms in total. The quantitative estimate of drug-likeness (QED) is 0.566. The lowest BCUT2D eigenvalue weighted by molar-refractivity contribution is -0.122. The Balaban J connectivity index is 1.44. The van der Waals surface area contributed by atoms with Crippen molar-refractivity contribution in [2.24, 2.45) is 0 Å². The van der Waals surface area contributed by atoms with Gasteiger partial charge in [0, 0.05) is 12.0 Å². The van der Waals surface area contributed by atoms with Crippen LogP contribution in [0.25, 0.3) is 5.76 Å². The molecule has 0 aromatic heterocycles. The summed E-state index contributed by atoms with van der Waals surface area (Å²) in [5.74, 6) is -0.480. The van der Waals surface area contributed by atoms with E-state index in [1.807, 2.05) is 36.4 Å². The molecule has 1 fully saturated rings. The predicted octanol–water partition coefficient (Wildman–Crippen LogP) is 4.46. The number of thiocarbonyl (C=S) groups is 1. The van der Waals surface area contributed by atoms with Gasteiger partial charge in [0.15, 0.2) is 0 Å². The second-order valence-electron chi connectivity index (χ2n) is 6.62. The molecular formula is C22H17NO4S2. The van der Waals surface area contributed by atoms with Crippen molar-refractivity contribution in [3.05, 3.63) is 88.3 Å². The number of amides is 1. The van der Waals surface area contributed by atoms with Crippen LogP contribution < -0.4 is 0 Å². The Bertz CT molecular complexity index is 1050. The third-order valence-corrected chi connectivity index (χ3v) is 6.00. The number of ether oxygens (including phenoxy) is 1. The number of carboxylic acid groups (broad SMARTS) is 1. The van der Waals surface area contributed by atoms with Crippen molar-refractivity contribution in [3.63, 3.8) is 0 Å². The van der Waals surface area contributed by atoms with Crippen molar-refractivity contribution in [2.45, 2.75) is 19.1 Å². The second-order valence-corrected chi connectivity index (χ2v) is 8.30. The van der Waals surface area contributed by atoms with Crippen LogP contribution in [0, 0.1) is 0 Å². The standard InChI is InChI=1S/C22H17NO4S2/c24-20-19(29-22(28)23(20)13-14-5-2-1-3-6-14)12-17-9-10-18(27-17)15-7-4-8-16(11-15)21(25)26/h1-8,10-12,17H,9,13H2,(H,25,26)/b19-12-. The van der Waals surface area contributed by atoms with Crippen molar-refractivity contribution < 1.29 is 19.4 Å². The Morgan fingerprint density at radius 3 is 2.79 bits per heavy atom. The van der Waals surface area contributed by atoms with Gasteiger partial charge in [-0.15, -0.1) is 0 Å². The van der Waals surface area contributed by atoms with Gasteiger partial charge >= 0.3 is 5.97 Å². The summed E-state index contributed by atoms with van der Waals surface area (Å²) in [7, 11) is 0. The van der Waals surface area contributed by atoms with Crippen molar-refractivity contribution in [2.75, 3.05) is 0 Å². The molecule has 7 heteroatoms. The van der Waals surface area contributed by atoms with Gasteiger partial charge in [-0.05, 0) is 29.8 Å². The first-order valence-corrected chi connectivity index (χ1v) is 10.2. The maximum atomic E-state index is 12.8. The van der Waals surface area contributed by atoms with Crippen LogP contribution in [-0.4, -0.2) is 32.3 Å². The van der Waals surface area contributed by atoms with Crippen LogP contribution in [0.5, 0.6) is 0 Å². The first kappa shape index (κ1) is 19.4. The zero-order chi connectivity index (χ0) is 20.4. The molecule has 0 saturated carbocycles. The smallest absolute Gasteiger partial charge is 0.335 e. The van der Waals surface area contributed by atoms with Crippen LogP contribution in [0.3, 0.4) is 0 Å². The first-order valence-electron chi connectivity index (χ1n) is 9.01. The molecule has 2 aromatic rings. The fourth-order valence-corrected chi connectivity index (χ4v) is 4.44. The third kappa shape index (κ3) is 4.26. The zero-order valence-corrected chi connectivity index (χ0v) is 16.9. The van der Waals surface area contributed by atoms with Gasteiger partial charge in [-0.2, -0.15) is 0 Å². The van der Waals surface area contributed by atoms with Crippen LogP contribution >= 0.6 is 24.0 Å². The largest absolute Gasteiger partial charge is 0.486 e. The van der Waals surface area contributed by atoms with E-state index in [0.29, 0.717) is 33.5 Å². The Labute approximate surface area is 177 Å². The van der Waals surface area contributed by atoms with Crippen LogP contribution in [0.4, 0.5) is 0 Å². The fourth-order valence-electron chi connectivity index (χ4n) is 3.16. The summed E-state index contributed by atoms with van der Waals surface area (Å²) < 4.78 is 6.48. The summed E-state index contributed by atoms with van der Waals surface area (Å²) >= 11 is 6.67. The SMILES string of the molecule is O=C(O)c1cccc(C2=CCC(/C=C3\SC(=S)N(Cc4ccccc4)C3=O)O2)c1. The van der Waals surface area contributed by atoms with Crippen LogP contribution in [0.15, 0.2) is 71.7 Å². The third-order valence-electron chi connectivity index (χ3n) is 4.60. The number of aromatic carboxylic acids is 1. The minimum Gasteiger partial charge on any atom is -0.486 e. The lowest BCUT2D eigenvalue weighted by Crippen LogP contribution is -2.27. The van der Waals surface area contributed by atoms with Crippen molar-refractivity contribution in [1.29, 1.82) is 0 Å². The number of carboxylic acids is 1. The van der Waals surface area contributed by atoms with E-state index in [2.05, 4.69) is 0 Å². The highest BCUT2D eigenvalue weighted by Gasteiger charge is 2.33. The minimum absolute atomic E-state index is 0.117. The molecule has 2 aromatic carbocycles. The number of nitrogens with zero attached hydrogens (tertiary/aromatic N) is 1. The van der Waals surface area contributed by atoms with Gasteiger partial charge in [0.2, 0.25) is 0 Å². The van der Waals surface area contributed by atoms with Crippen LogP contribution in [-0.2, 0) is 16.1 Å². The van der Waals surface area contributed by atoms with Gasteiger partial charge in [-0.25, -0.2) is 4.79 Å². The van der Waals surface area contributed by atoms with Crippen molar-refractivity contribution in [3.8, 4) is 0 Å². The molecule has 29 heavy (non-hydrogen) atoms. The van der Waals surface area contributed by atoms with Crippen LogP contribution in [0.1, 0.15) is 27.9 Å². The van der Waals surface area contributed by atoms with E-state index in [1.54, 1.807) is 29.2 Å².